The molecule has 5 heteroatoms. The molecule has 0 spiro atoms. The van der Waals surface area contributed by atoms with Gasteiger partial charge in [-0.05, 0) is 37.5 Å². The molecule has 1 saturated carbocycles. The highest BCUT2D eigenvalue weighted by Gasteiger charge is 2.24. The van der Waals surface area contributed by atoms with Crippen molar-refractivity contribution < 1.29 is 4.79 Å². The second kappa shape index (κ2) is 5.46. The Morgan fingerprint density at radius 1 is 1.30 bits per heavy atom. The Bertz CT molecular complexity index is 594. The number of benzene rings is 1. The first-order valence-corrected chi connectivity index (χ1v) is 6.89. The highest BCUT2D eigenvalue weighted by molar-refractivity contribution is 5.97. The number of nitrogens with zero attached hydrogens (tertiary/aromatic N) is 2. The normalized spacial score (nSPS) is 21.9. The fraction of sp³-hybridized carbons (Fsp3) is 0.333. The molecule has 0 unspecified atom stereocenters. The van der Waals surface area contributed by atoms with Crippen LogP contribution in [0.4, 0.5) is 0 Å². The number of aromatic nitrogens is 2. The maximum Gasteiger partial charge on any atom is 0.253 e. The maximum atomic E-state index is 12.4. The van der Waals surface area contributed by atoms with Crippen LogP contribution in [0.15, 0.2) is 42.7 Å². The van der Waals surface area contributed by atoms with Gasteiger partial charge in [-0.2, -0.15) is 5.10 Å². The molecule has 3 rings (SSSR count). The van der Waals surface area contributed by atoms with Gasteiger partial charge in [0.25, 0.3) is 5.91 Å². The van der Waals surface area contributed by atoms with E-state index < -0.39 is 0 Å². The molecule has 1 aliphatic rings. The van der Waals surface area contributed by atoms with Crippen LogP contribution >= 0.6 is 0 Å². The molecule has 0 saturated heterocycles. The van der Waals surface area contributed by atoms with Crippen molar-refractivity contribution in [2.75, 3.05) is 0 Å². The first-order chi connectivity index (χ1) is 9.74. The van der Waals surface area contributed by atoms with Gasteiger partial charge in [-0.25, -0.2) is 4.68 Å². The lowest BCUT2D eigenvalue weighted by molar-refractivity contribution is 0.0937. The summed E-state index contributed by atoms with van der Waals surface area (Å²) in [4.78, 5) is 12.4. The molecule has 2 atom stereocenters. The fourth-order valence-corrected chi connectivity index (χ4v) is 2.69. The Labute approximate surface area is 117 Å². The standard InChI is InChI=1S/C15H18N4O/c16-11-6-7-12(10-11)18-15(20)13-4-1-2-5-14(13)19-9-3-8-17-19/h1-5,8-9,11-12H,6-7,10,16H2,(H,18,20)/t11-,12-/m1/s1. The minimum atomic E-state index is -0.0600. The monoisotopic (exact) mass is 270 g/mol. The smallest absolute Gasteiger partial charge is 0.253 e. The number of hydrogen-bond donors (Lipinski definition) is 2. The molecule has 5 nitrogen and oxygen atoms in total. The van der Waals surface area contributed by atoms with E-state index in [9.17, 15) is 4.79 Å². The van der Waals surface area contributed by atoms with Crippen LogP contribution in [0.5, 0.6) is 0 Å². The Morgan fingerprint density at radius 2 is 2.15 bits per heavy atom. The number of nitrogens with two attached hydrogens (primary N) is 1. The zero-order valence-corrected chi connectivity index (χ0v) is 11.2. The number of carbonyl (C=O) groups excluding carboxylic acids is 1. The van der Waals surface area contributed by atoms with Gasteiger partial charge in [-0.15, -0.1) is 0 Å². The fourth-order valence-electron chi connectivity index (χ4n) is 2.69. The van der Waals surface area contributed by atoms with Gasteiger partial charge in [0, 0.05) is 24.5 Å². The van der Waals surface area contributed by atoms with Crippen molar-refractivity contribution in [3.63, 3.8) is 0 Å². The topological polar surface area (TPSA) is 72.9 Å². The first kappa shape index (κ1) is 12.9. The highest BCUT2D eigenvalue weighted by atomic mass is 16.1. The Kier molecular flexibility index (Phi) is 3.52. The Morgan fingerprint density at radius 3 is 2.85 bits per heavy atom. The second-order valence-electron chi connectivity index (χ2n) is 5.21. The zero-order valence-electron chi connectivity index (χ0n) is 11.2. The summed E-state index contributed by atoms with van der Waals surface area (Å²) >= 11 is 0. The van der Waals surface area contributed by atoms with Crippen molar-refractivity contribution in [3.05, 3.63) is 48.3 Å². The van der Waals surface area contributed by atoms with Crippen LogP contribution in [-0.2, 0) is 0 Å². The molecule has 1 aromatic carbocycles. The quantitative estimate of drug-likeness (QED) is 0.887. The molecule has 2 aromatic rings. The van der Waals surface area contributed by atoms with E-state index in [0.717, 1.165) is 24.9 Å². The summed E-state index contributed by atoms with van der Waals surface area (Å²) in [6, 6.07) is 9.71. The van der Waals surface area contributed by atoms with Gasteiger partial charge in [-0.3, -0.25) is 4.79 Å². The summed E-state index contributed by atoms with van der Waals surface area (Å²) in [5.41, 5.74) is 7.31. The van der Waals surface area contributed by atoms with Gasteiger partial charge < -0.3 is 11.1 Å². The number of para-hydroxylation sites is 1. The third-order valence-corrected chi connectivity index (χ3v) is 3.71. The van der Waals surface area contributed by atoms with E-state index in [1.807, 2.05) is 36.5 Å². The van der Waals surface area contributed by atoms with Gasteiger partial charge in [0.15, 0.2) is 0 Å². The molecule has 1 heterocycles. The summed E-state index contributed by atoms with van der Waals surface area (Å²) in [5, 5.41) is 7.26. The summed E-state index contributed by atoms with van der Waals surface area (Å²) in [5.74, 6) is -0.0600. The van der Waals surface area contributed by atoms with Crippen LogP contribution in [0, 0.1) is 0 Å². The van der Waals surface area contributed by atoms with Crippen molar-refractivity contribution >= 4 is 5.91 Å². The third-order valence-electron chi connectivity index (χ3n) is 3.71. The lowest BCUT2D eigenvalue weighted by Gasteiger charge is -2.14. The average molecular weight is 270 g/mol. The minimum absolute atomic E-state index is 0.0600. The second-order valence-corrected chi connectivity index (χ2v) is 5.21. The molecule has 1 amide bonds. The number of nitrogens with one attached hydrogen (secondary N) is 1. The van der Waals surface area contributed by atoms with E-state index in [1.54, 1.807) is 10.9 Å². The predicted molar refractivity (Wildman–Crippen MR) is 76.6 cm³/mol. The van der Waals surface area contributed by atoms with E-state index >= 15 is 0 Å². The van der Waals surface area contributed by atoms with E-state index in [1.165, 1.54) is 0 Å². The van der Waals surface area contributed by atoms with Crippen LogP contribution in [0.2, 0.25) is 0 Å². The van der Waals surface area contributed by atoms with Crippen LogP contribution in [0.25, 0.3) is 5.69 Å². The van der Waals surface area contributed by atoms with Crippen molar-refractivity contribution in [2.24, 2.45) is 5.73 Å². The largest absolute Gasteiger partial charge is 0.349 e. The lowest BCUT2D eigenvalue weighted by atomic mass is 10.1. The molecule has 3 N–H and O–H groups in total. The molecule has 1 fully saturated rings. The Balaban J connectivity index is 1.81. The summed E-state index contributed by atoms with van der Waals surface area (Å²) in [6.07, 6.45) is 6.32. The van der Waals surface area contributed by atoms with Crippen molar-refractivity contribution in [1.29, 1.82) is 0 Å². The first-order valence-electron chi connectivity index (χ1n) is 6.89. The van der Waals surface area contributed by atoms with Crippen molar-refractivity contribution in [1.82, 2.24) is 15.1 Å². The van der Waals surface area contributed by atoms with E-state index in [4.69, 9.17) is 5.73 Å². The molecule has 104 valence electrons. The van der Waals surface area contributed by atoms with Gasteiger partial charge in [0.05, 0.1) is 11.3 Å². The molecule has 1 aromatic heterocycles. The van der Waals surface area contributed by atoms with Crippen LogP contribution in [-0.4, -0.2) is 27.8 Å². The Hall–Kier alpha value is -2.14. The summed E-state index contributed by atoms with van der Waals surface area (Å²) < 4.78 is 1.70. The average Bonchev–Trinajstić information content (AvgIpc) is 3.10. The maximum absolute atomic E-state index is 12.4. The van der Waals surface area contributed by atoms with Gasteiger partial charge in [0.1, 0.15) is 0 Å². The van der Waals surface area contributed by atoms with E-state index in [2.05, 4.69) is 10.4 Å². The molecular weight excluding hydrogens is 252 g/mol. The molecule has 20 heavy (non-hydrogen) atoms. The van der Waals surface area contributed by atoms with Crippen molar-refractivity contribution in [2.45, 2.75) is 31.3 Å². The third kappa shape index (κ3) is 2.58. The van der Waals surface area contributed by atoms with E-state index in [-0.39, 0.29) is 18.0 Å². The van der Waals surface area contributed by atoms with Gasteiger partial charge in [0.2, 0.25) is 0 Å². The summed E-state index contributed by atoms with van der Waals surface area (Å²) in [7, 11) is 0. The minimum Gasteiger partial charge on any atom is -0.349 e. The zero-order chi connectivity index (χ0) is 13.9. The van der Waals surface area contributed by atoms with Gasteiger partial charge in [-0.1, -0.05) is 12.1 Å². The SMILES string of the molecule is N[C@@H]1CC[C@@H](NC(=O)c2ccccc2-n2cccn2)C1. The molecule has 0 bridgehead atoms. The van der Waals surface area contributed by atoms with Crippen LogP contribution in [0.1, 0.15) is 29.6 Å². The van der Waals surface area contributed by atoms with Crippen LogP contribution < -0.4 is 11.1 Å². The van der Waals surface area contributed by atoms with E-state index in [0.29, 0.717) is 5.56 Å². The molecule has 1 aliphatic carbocycles. The lowest BCUT2D eigenvalue weighted by Crippen LogP contribution is -2.34. The number of carbonyl (C=O) groups is 1. The predicted octanol–water partition coefficient (Wildman–Crippen LogP) is 1.48. The van der Waals surface area contributed by atoms with Gasteiger partial charge >= 0.3 is 0 Å². The molecule has 0 radical (unpaired) electrons. The number of rotatable bonds is 3. The highest BCUT2D eigenvalue weighted by Crippen LogP contribution is 2.19. The number of hydrogen-bond acceptors (Lipinski definition) is 3. The molecule has 0 aliphatic heterocycles. The van der Waals surface area contributed by atoms with Crippen molar-refractivity contribution in [3.8, 4) is 5.69 Å². The van der Waals surface area contributed by atoms with Crippen LogP contribution in [0.3, 0.4) is 0 Å². The molecular formula is C15H18N4O. The number of amides is 1. The summed E-state index contributed by atoms with van der Waals surface area (Å²) in [6.45, 7) is 0.